The summed E-state index contributed by atoms with van der Waals surface area (Å²) in [6.45, 7) is 6.88. The number of hydrogen-bond acceptors (Lipinski definition) is 4. The minimum atomic E-state index is -4.37. The summed E-state index contributed by atoms with van der Waals surface area (Å²) in [6, 6.07) is 3.25. The van der Waals surface area contributed by atoms with Crippen LogP contribution in [0.2, 0.25) is 0 Å². The van der Waals surface area contributed by atoms with Crippen LogP contribution in [-0.2, 0) is 5.41 Å². The van der Waals surface area contributed by atoms with Gasteiger partial charge in [-0.15, -0.1) is 0 Å². The Morgan fingerprint density at radius 1 is 1.19 bits per heavy atom. The van der Waals surface area contributed by atoms with E-state index in [1.54, 1.807) is 35.5 Å². The number of fused-ring (bicyclic) bond motifs is 1. The molecule has 0 spiro atoms. The van der Waals surface area contributed by atoms with Crippen molar-refractivity contribution in [3.8, 4) is 0 Å². The number of piperidine rings is 1. The van der Waals surface area contributed by atoms with Gasteiger partial charge in [0.1, 0.15) is 5.82 Å². The third kappa shape index (κ3) is 4.41. The van der Waals surface area contributed by atoms with E-state index in [1.807, 2.05) is 20.8 Å². The Balaban J connectivity index is 1.48. The predicted molar refractivity (Wildman–Crippen MR) is 111 cm³/mol. The topological polar surface area (TPSA) is 63.1 Å². The van der Waals surface area contributed by atoms with Crippen LogP contribution in [-0.4, -0.2) is 50.9 Å². The number of halogens is 3. The second-order valence-corrected chi connectivity index (χ2v) is 9.52. The zero-order valence-corrected chi connectivity index (χ0v) is 18.0. The van der Waals surface area contributed by atoms with Gasteiger partial charge < -0.3 is 10.2 Å². The lowest BCUT2D eigenvalue weighted by Crippen LogP contribution is -2.47. The maximum absolute atomic E-state index is 13.9. The first-order valence-corrected chi connectivity index (χ1v) is 10.7. The van der Waals surface area contributed by atoms with Crippen molar-refractivity contribution < 1.29 is 18.0 Å². The molecule has 2 aromatic heterocycles. The summed E-state index contributed by atoms with van der Waals surface area (Å²) < 4.78 is 42.7. The quantitative estimate of drug-likeness (QED) is 0.759. The zero-order valence-electron chi connectivity index (χ0n) is 18.0. The lowest BCUT2D eigenvalue weighted by atomic mass is 9.84. The maximum atomic E-state index is 13.9. The van der Waals surface area contributed by atoms with Gasteiger partial charge in [0, 0.05) is 43.0 Å². The van der Waals surface area contributed by atoms with E-state index >= 15 is 0 Å². The Kier molecular flexibility index (Phi) is 5.47. The first kappa shape index (κ1) is 21.6. The van der Waals surface area contributed by atoms with Crippen molar-refractivity contribution >= 4 is 11.7 Å². The molecule has 1 amide bonds. The summed E-state index contributed by atoms with van der Waals surface area (Å²) >= 11 is 0. The molecule has 0 aromatic carbocycles. The van der Waals surface area contributed by atoms with Crippen molar-refractivity contribution in [2.75, 3.05) is 18.4 Å². The monoisotopic (exact) mass is 435 g/mol. The molecule has 168 valence electrons. The number of carbonyl (C=O) groups excluding carboxylic acids is 1. The average molecular weight is 435 g/mol. The molecule has 2 aliphatic heterocycles. The van der Waals surface area contributed by atoms with Gasteiger partial charge in [0.15, 0.2) is 6.04 Å². The molecule has 1 fully saturated rings. The van der Waals surface area contributed by atoms with E-state index in [1.165, 1.54) is 0 Å². The number of nitrogens with one attached hydrogen (secondary N) is 1. The first-order valence-electron chi connectivity index (χ1n) is 10.7. The minimum Gasteiger partial charge on any atom is -0.367 e. The van der Waals surface area contributed by atoms with E-state index in [9.17, 15) is 18.0 Å². The van der Waals surface area contributed by atoms with E-state index in [4.69, 9.17) is 0 Å². The Morgan fingerprint density at radius 2 is 1.90 bits per heavy atom. The highest BCUT2D eigenvalue weighted by atomic mass is 19.4. The van der Waals surface area contributed by atoms with Gasteiger partial charge in [-0.25, -0.2) is 4.68 Å². The van der Waals surface area contributed by atoms with Crippen molar-refractivity contribution in [2.45, 2.75) is 63.7 Å². The number of carbonyl (C=O) groups is 1. The number of likely N-dealkylation sites (tertiary alicyclic amines) is 1. The number of amides is 1. The van der Waals surface area contributed by atoms with Crippen molar-refractivity contribution in [2.24, 2.45) is 5.92 Å². The summed E-state index contributed by atoms with van der Waals surface area (Å²) in [7, 11) is 0. The number of anilines is 1. The molecule has 2 atom stereocenters. The third-order valence-corrected chi connectivity index (χ3v) is 6.29. The van der Waals surface area contributed by atoms with Gasteiger partial charge in [0.05, 0.1) is 11.3 Å². The van der Waals surface area contributed by atoms with Crippen molar-refractivity contribution in [1.29, 1.82) is 0 Å². The Bertz CT molecular complexity index is 927. The van der Waals surface area contributed by atoms with Gasteiger partial charge >= 0.3 is 6.18 Å². The minimum absolute atomic E-state index is 0.0526. The molecule has 0 radical (unpaired) electrons. The number of alkyl halides is 3. The zero-order chi connectivity index (χ0) is 22.4. The molecular formula is C22H28F3N5O. The number of rotatable bonds is 2. The normalized spacial score (nSPS) is 22.7. The molecule has 0 bridgehead atoms. The first-order chi connectivity index (χ1) is 14.5. The van der Waals surface area contributed by atoms with Crippen LogP contribution in [0.5, 0.6) is 0 Å². The van der Waals surface area contributed by atoms with Crippen LogP contribution < -0.4 is 5.32 Å². The smallest absolute Gasteiger partial charge is 0.367 e. The van der Waals surface area contributed by atoms with E-state index in [0.717, 1.165) is 4.68 Å². The SMILES string of the molecule is CC(C)(C)c1cc2n(n1)[C@@H](C(F)(F)F)C[C@@H](C1CCN(C(=O)c3cccnc3)CC1)N2. The Morgan fingerprint density at radius 3 is 2.48 bits per heavy atom. The molecular weight excluding hydrogens is 407 g/mol. The molecule has 6 nitrogen and oxygen atoms in total. The van der Waals surface area contributed by atoms with E-state index < -0.39 is 12.2 Å². The predicted octanol–water partition coefficient (Wildman–Crippen LogP) is 4.42. The van der Waals surface area contributed by atoms with Gasteiger partial charge in [0.25, 0.3) is 5.91 Å². The summed E-state index contributed by atoms with van der Waals surface area (Å²) in [5, 5.41) is 7.62. The molecule has 2 aliphatic rings. The van der Waals surface area contributed by atoms with Crippen LogP contribution in [0.1, 0.15) is 62.1 Å². The highest BCUT2D eigenvalue weighted by Crippen LogP contribution is 2.43. The van der Waals surface area contributed by atoms with Crippen molar-refractivity contribution in [3.63, 3.8) is 0 Å². The molecule has 4 heterocycles. The summed E-state index contributed by atoms with van der Waals surface area (Å²) in [5.74, 6) is 0.408. The average Bonchev–Trinajstić information content (AvgIpc) is 3.17. The fourth-order valence-electron chi connectivity index (χ4n) is 4.45. The molecule has 1 saturated heterocycles. The highest BCUT2D eigenvalue weighted by molar-refractivity contribution is 5.93. The summed E-state index contributed by atoms with van der Waals surface area (Å²) in [4.78, 5) is 18.4. The van der Waals surface area contributed by atoms with Gasteiger partial charge in [-0.3, -0.25) is 9.78 Å². The largest absolute Gasteiger partial charge is 0.410 e. The van der Waals surface area contributed by atoms with Crippen LogP contribution in [0.3, 0.4) is 0 Å². The molecule has 0 unspecified atom stereocenters. The van der Waals surface area contributed by atoms with Gasteiger partial charge in [0.2, 0.25) is 0 Å². The Labute approximate surface area is 179 Å². The van der Waals surface area contributed by atoms with Crippen molar-refractivity contribution in [3.05, 3.63) is 41.9 Å². The molecule has 0 aliphatic carbocycles. The fraction of sp³-hybridized carbons (Fsp3) is 0.591. The number of aromatic nitrogens is 3. The lowest BCUT2D eigenvalue weighted by Gasteiger charge is -2.41. The molecule has 0 saturated carbocycles. The van der Waals surface area contributed by atoms with E-state index in [-0.39, 0.29) is 29.7 Å². The van der Waals surface area contributed by atoms with Crippen molar-refractivity contribution in [1.82, 2.24) is 19.7 Å². The number of nitrogens with zero attached hydrogens (tertiary/aromatic N) is 4. The van der Waals surface area contributed by atoms with Crippen LogP contribution in [0.25, 0.3) is 0 Å². The second kappa shape index (κ2) is 7.84. The molecule has 9 heteroatoms. The maximum Gasteiger partial charge on any atom is 0.410 e. The second-order valence-electron chi connectivity index (χ2n) is 9.52. The molecule has 31 heavy (non-hydrogen) atoms. The van der Waals surface area contributed by atoms with Gasteiger partial charge in [-0.05, 0) is 37.3 Å². The molecule has 4 rings (SSSR count). The lowest BCUT2D eigenvalue weighted by molar-refractivity contribution is -0.174. The summed E-state index contributed by atoms with van der Waals surface area (Å²) in [5.41, 5.74) is 0.838. The summed E-state index contributed by atoms with van der Waals surface area (Å²) in [6.07, 6.45) is 0.0584. The third-order valence-electron chi connectivity index (χ3n) is 6.29. The van der Waals surface area contributed by atoms with Gasteiger partial charge in [-0.1, -0.05) is 20.8 Å². The van der Waals surface area contributed by atoms with Crippen LogP contribution in [0.15, 0.2) is 30.6 Å². The van der Waals surface area contributed by atoms with Crippen LogP contribution in [0, 0.1) is 5.92 Å². The van der Waals surface area contributed by atoms with E-state index in [2.05, 4.69) is 15.4 Å². The molecule has 1 N–H and O–H groups in total. The van der Waals surface area contributed by atoms with Crippen LogP contribution in [0.4, 0.5) is 19.0 Å². The number of hydrogen-bond donors (Lipinski definition) is 1. The van der Waals surface area contributed by atoms with Gasteiger partial charge in [-0.2, -0.15) is 18.3 Å². The van der Waals surface area contributed by atoms with Crippen LogP contribution >= 0.6 is 0 Å². The Hall–Kier alpha value is -2.58. The molecule has 2 aromatic rings. The standard InChI is InChI=1S/C22H28F3N5O/c1-21(2,3)17-12-19-27-16(11-18(22(23,24)25)30(19)28-17)14-6-9-29(10-7-14)20(31)15-5-4-8-26-13-15/h4-5,8,12-14,16,18,27H,6-7,9-11H2,1-3H3/t16-,18+/m0/s1. The number of pyridine rings is 1. The van der Waals surface area contributed by atoms with E-state index in [0.29, 0.717) is 43.0 Å². The fourth-order valence-corrected chi connectivity index (χ4v) is 4.45. The highest BCUT2D eigenvalue weighted by Gasteiger charge is 2.48.